The molecule has 182 valence electrons. The maximum Gasteiger partial charge on any atom is 0.167 e. The van der Waals surface area contributed by atoms with Crippen LogP contribution in [-0.4, -0.2) is 21.5 Å². The first kappa shape index (κ1) is 23.9. The molecule has 1 saturated carbocycles. The average Bonchev–Trinajstić information content (AvgIpc) is 3.02. The van der Waals surface area contributed by atoms with Crippen molar-refractivity contribution < 1.29 is 9.90 Å². The zero-order valence-corrected chi connectivity index (χ0v) is 21.1. The van der Waals surface area contributed by atoms with E-state index in [-0.39, 0.29) is 11.2 Å². The van der Waals surface area contributed by atoms with E-state index >= 15 is 0 Å². The van der Waals surface area contributed by atoms with Gasteiger partial charge in [0.05, 0.1) is 5.60 Å². The Hall–Kier alpha value is -2.78. The zero-order valence-electron chi connectivity index (χ0n) is 21.1. The van der Waals surface area contributed by atoms with Crippen LogP contribution < -0.4 is 0 Å². The number of hydrogen-bond donors (Lipinski definition) is 1. The predicted octanol–water partition coefficient (Wildman–Crippen LogP) is 6.57. The summed E-state index contributed by atoms with van der Waals surface area (Å²) in [6, 6.07) is 21.2. The molecule has 0 amide bonds. The lowest BCUT2D eigenvalue weighted by Gasteiger charge is -2.50. The molecule has 2 aliphatic carbocycles. The Morgan fingerprint density at radius 2 is 1.91 bits per heavy atom. The molecule has 0 unspecified atom stereocenters. The minimum Gasteiger partial charge on any atom is -0.390 e. The Balaban J connectivity index is 1.52. The molecule has 1 heterocycles. The number of Topliss-reactive ketones (excluding diaryl/α,β-unsaturated/α-hetero) is 1. The summed E-state index contributed by atoms with van der Waals surface area (Å²) in [5.74, 6) is 0.605. The molecule has 3 nitrogen and oxygen atoms in total. The van der Waals surface area contributed by atoms with Crippen LogP contribution >= 0.6 is 0 Å². The van der Waals surface area contributed by atoms with Crippen molar-refractivity contribution in [3.8, 4) is 0 Å². The lowest BCUT2D eigenvalue weighted by molar-refractivity contribution is -0.0497. The lowest BCUT2D eigenvalue weighted by Crippen LogP contribution is -2.48. The minimum atomic E-state index is -0.549. The molecule has 35 heavy (non-hydrogen) atoms. The van der Waals surface area contributed by atoms with E-state index in [2.05, 4.69) is 60.4 Å². The van der Waals surface area contributed by atoms with Crippen molar-refractivity contribution in [1.82, 2.24) is 4.98 Å². The van der Waals surface area contributed by atoms with E-state index in [9.17, 15) is 9.90 Å². The summed E-state index contributed by atoms with van der Waals surface area (Å²) >= 11 is 0. The monoisotopic (exact) mass is 467 g/mol. The summed E-state index contributed by atoms with van der Waals surface area (Å²) in [5.41, 5.74) is 6.30. The van der Waals surface area contributed by atoms with E-state index in [1.807, 2.05) is 19.1 Å². The van der Waals surface area contributed by atoms with Crippen molar-refractivity contribution >= 4 is 5.78 Å². The minimum absolute atomic E-state index is 0.0100. The van der Waals surface area contributed by atoms with Gasteiger partial charge in [-0.25, -0.2) is 0 Å². The van der Waals surface area contributed by atoms with E-state index in [4.69, 9.17) is 0 Å². The Morgan fingerprint density at radius 3 is 2.69 bits per heavy atom. The molecule has 1 fully saturated rings. The first-order chi connectivity index (χ1) is 16.9. The van der Waals surface area contributed by atoms with Crippen LogP contribution in [0.2, 0.25) is 0 Å². The highest BCUT2D eigenvalue weighted by molar-refractivity contribution is 5.97. The van der Waals surface area contributed by atoms with Gasteiger partial charge in [0.15, 0.2) is 5.78 Å². The number of aryl methyl sites for hydroxylation is 2. The first-order valence-electron chi connectivity index (χ1n) is 13.3. The Bertz CT molecular complexity index is 1200. The number of nitrogens with zero attached hydrogens (tertiary/aromatic N) is 1. The fourth-order valence-electron chi connectivity index (χ4n) is 6.74. The van der Waals surface area contributed by atoms with Crippen molar-refractivity contribution in [3.05, 3.63) is 100 Å². The summed E-state index contributed by atoms with van der Waals surface area (Å²) in [4.78, 5) is 17.6. The highest BCUT2D eigenvalue weighted by Crippen LogP contribution is 2.54. The SMILES string of the molecule is CC[C@]1(O)CC[C@@]2(Cc3ccccc3)c3ccc(C(=O)Cc4cccnc4C)cc3CCC[C@H]2C1. The van der Waals surface area contributed by atoms with E-state index < -0.39 is 5.60 Å². The van der Waals surface area contributed by atoms with Gasteiger partial charge in [-0.1, -0.05) is 55.5 Å². The summed E-state index contributed by atoms with van der Waals surface area (Å²) in [5, 5.41) is 11.3. The van der Waals surface area contributed by atoms with Crippen molar-refractivity contribution in [2.45, 2.75) is 82.7 Å². The van der Waals surface area contributed by atoms with Gasteiger partial charge in [0.1, 0.15) is 0 Å². The fourth-order valence-corrected chi connectivity index (χ4v) is 6.74. The van der Waals surface area contributed by atoms with Gasteiger partial charge in [0.25, 0.3) is 0 Å². The number of benzene rings is 2. The van der Waals surface area contributed by atoms with Gasteiger partial charge < -0.3 is 5.11 Å². The molecular weight excluding hydrogens is 430 g/mol. The van der Waals surface area contributed by atoms with Gasteiger partial charge in [0.2, 0.25) is 0 Å². The summed E-state index contributed by atoms with van der Waals surface area (Å²) in [6.45, 7) is 4.09. The quantitative estimate of drug-likeness (QED) is 0.417. The normalized spacial score (nSPS) is 25.9. The molecule has 3 aromatic rings. The van der Waals surface area contributed by atoms with Gasteiger partial charge in [-0.3, -0.25) is 9.78 Å². The summed E-state index contributed by atoms with van der Waals surface area (Å²) in [6.07, 6.45) is 9.91. The van der Waals surface area contributed by atoms with E-state index in [1.54, 1.807) is 6.20 Å². The molecule has 3 heteroatoms. The number of ketones is 1. The Morgan fingerprint density at radius 1 is 1.09 bits per heavy atom. The van der Waals surface area contributed by atoms with Gasteiger partial charge in [0, 0.05) is 29.3 Å². The van der Waals surface area contributed by atoms with Crippen molar-refractivity contribution in [3.63, 3.8) is 0 Å². The molecule has 0 saturated heterocycles. The van der Waals surface area contributed by atoms with Crippen LogP contribution in [0.4, 0.5) is 0 Å². The molecule has 0 aliphatic heterocycles. The molecule has 0 bridgehead atoms. The number of carbonyl (C=O) groups excluding carboxylic acids is 1. The van der Waals surface area contributed by atoms with Gasteiger partial charge in [-0.15, -0.1) is 0 Å². The van der Waals surface area contributed by atoms with E-state index in [0.29, 0.717) is 12.3 Å². The van der Waals surface area contributed by atoms with Crippen LogP contribution in [0, 0.1) is 12.8 Å². The summed E-state index contributed by atoms with van der Waals surface area (Å²) in [7, 11) is 0. The highest BCUT2D eigenvalue weighted by Gasteiger charge is 2.50. The third-order valence-electron chi connectivity index (χ3n) is 8.89. The van der Waals surface area contributed by atoms with Crippen LogP contribution in [0.3, 0.4) is 0 Å². The maximum absolute atomic E-state index is 13.3. The number of aromatic nitrogens is 1. The van der Waals surface area contributed by atoms with Crippen LogP contribution in [0.1, 0.15) is 83.8 Å². The van der Waals surface area contributed by atoms with Gasteiger partial charge >= 0.3 is 0 Å². The Kier molecular flexibility index (Phi) is 6.63. The van der Waals surface area contributed by atoms with Crippen molar-refractivity contribution in [1.29, 1.82) is 0 Å². The number of hydrogen-bond acceptors (Lipinski definition) is 3. The fraction of sp³-hybridized carbons (Fsp3) is 0.438. The molecule has 1 N–H and O–H groups in total. The second-order valence-corrected chi connectivity index (χ2v) is 10.9. The van der Waals surface area contributed by atoms with Crippen LogP contribution in [-0.2, 0) is 24.7 Å². The first-order valence-corrected chi connectivity index (χ1v) is 13.3. The number of pyridine rings is 1. The summed E-state index contributed by atoms with van der Waals surface area (Å²) < 4.78 is 0. The molecule has 2 aromatic carbocycles. The number of fused-ring (bicyclic) bond motifs is 3. The second-order valence-electron chi connectivity index (χ2n) is 10.9. The third kappa shape index (κ3) is 4.71. The number of aliphatic hydroxyl groups is 1. The maximum atomic E-state index is 13.3. The van der Waals surface area contributed by atoms with Crippen LogP contribution in [0.25, 0.3) is 0 Å². The second kappa shape index (κ2) is 9.70. The van der Waals surface area contributed by atoms with E-state index in [0.717, 1.165) is 68.2 Å². The van der Waals surface area contributed by atoms with Crippen LogP contribution in [0.15, 0.2) is 66.9 Å². The van der Waals surface area contributed by atoms with E-state index in [1.165, 1.54) is 16.7 Å². The zero-order chi connectivity index (χ0) is 24.5. The predicted molar refractivity (Wildman–Crippen MR) is 141 cm³/mol. The Labute approximate surface area is 209 Å². The largest absolute Gasteiger partial charge is 0.390 e. The van der Waals surface area contributed by atoms with Crippen molar-refractivity contribution in [2.24, 2.45) is 5.92 Å². The highest BCUT2D eigenvalue weighted by atomic mass is 16.3. The molecule has 0 radical (unpaired) electrons. The molecule has 0 spiro atoms. The molecule has 3 atom stereocenters. The van der Waals surface area contributed by atoms with Gasteiger partial charge in [-0.05, 0) is 98.6 Å². The molecule has 1 aromatic heterocycles. The lowest BCUT2D eigenvalue weighted by atomic mass is 9.55. The average molecular weight is 468 g/mol. The molecular formula is C32H37NO2. The third-order valence-corrected chi connectivity index (χ3v) is 8.89. The molecule has 2 aliphatic rings. The number of rotatable bonds is 6. The molecule has 5 rings (SSSR count). The smallest absolute Gasteiger partial charge is 0.167 e. The standard InChI is InChI=1S/C32H37NO2/c1-3-31(35)16-17-32(21-24-9-5-4-6-10-24)28(22-31)13-7-11-26-19-27(14-15-29(26)32)30(34)20-25-12-8-18-33-23(25)2/h4-6,8-10,12,14-15,18-19,28,35H,3,7,11,13,16-17,20-22H2,1-2H3/t28-,31-,32-/m0/s1. The topological polar surface area (TPSA) is 50.2 Å². The van der Waals surface area contributed by atoms with Gasteiger partial charge in [-0.2, -0.15) is 0 Å². The number of carbonyl (C=O) groups is 1. The van der Waals surface area contributed by atoms with Crippen LogP contribution in [0.5, 0.6) is 0 Å². The van der Waals surface area contributed by atoms with Crippen molar-refractivity contribution in [2.75, 3.05) is 0 Å².